The second-order valence-electron chi connectivity index (χ2n) is 4.91. The van der Waals surface area contributed by atoms with Gasteiger partial charge in [-0.25, -0.2) is 4.79 Å². The molecule has 0 spiro atoms. The van der Waals surface area contributed by atoms with E-state index in [9.17, 15) is 9.59 Å². The third-order valence-electron chi connectivity index (χ3n) is 3.86. The van der Waals surface area contributed by atoms with Crippen molar-refractivity contribution in [2.45, 2.75) is 52.2 Å². The van der Waals surface area contributed by atoms with Crippen molar-refractivity contribution in [2.75, 3.05) is 6.61 Å². The average Bonchev–Trinajstić information content (AvgIpc) is 2.33. The molecule has 0 bridgehead atoms. The van der Waals surface area contributed by atoms with Crippen LogP contribution >= 0.6 is 0 Å². The highest BCUT2D eigenvalue weighted by atomic mass is 16.7. The van der Waals surface area contributed by atoms with Gasteiger partial charge >= 0.3 is 5.97 Å². The molecule has 0 amide bonds. The Kier molecular flexibility index (Phi) is 4.68. The third-order valence-corrected chi connectivity index (χ3v) is 3.86. The number of esters is 1. The first kappa shape index (κ1) is 14.9. The van der Waals surface area contributed by atoms with Crippen LogP contribution in [-0.4, -0.2) is 24.1 Å². The number of rotatable bonds is 5. The summed E-state index contributed by atoms with van der Waals surface area (Å²) in [6.07, 6.45) is 4.16. The summed E-state index contributed by atoms with van der Waals surface area (Å²) in [6.45, 7) is 8.97. The normalized spacial score (nSPS) is 31.7. The molecule has 1 fully saturated rings. The first-order valence-corrected chi connectivity index (χ1v) is 6.42. The van der Waals surface area contributed by atoms with Crippen LogP contribution in [0.5, 0.6) is 0 Å². The third kappa shape index (κ3) is 2.48. The van der Waals surface area contributed by atoms with Gasteiger partial charge in [0.25, 0.3) is 0 Å². The van der Waals surface area contributed by atoms with Crippen LogP contribution in [0.15, 0.2) is 12.7 Å². The molecule has 1 rings (SSSR count). The fourth-order valence-electron chi connectivity index (χ4n) is 2.61. The smallest absolute Gasteiger partial charge is 0.332 e. The van der Waals surface area contributed by atoms with Gasteiger partial charge in [0.1, 0.15) is 5.78 Å². The molecule has 0 N–H and O–H groups in total. The zero-order valence-electron chi connectivity index (χ0n) is 11.5. The van der Waals surface area contributed by atoms with Crippen molar-refractivity contribution in [2.24, 2.45) is 5.41 Å². The zero-order chi connectivity index (χ0) is 13.8. The molecular formula is C14H22O4. The maximum atomic E-state index is 12.0. The lowest BCUT2D eigenvalue weighted by atomic mass is 9.68. The predicted molar refractivity (Wildman–Crippen MR) is 67.9 cm³/mol. The fourth-order valence-corrected chi connectivity index (χ4v) is 2.61. The molecule has 0 aromatic heterocycles. The van der Waals surface area contributed by atoms with E-state index >= 15 is 0 Å². The molecule has 0 aliphatic heterocycles. The highest BCUT2D eigenvalue weighted by Gasteiger charge is 2.56. The zero-order valence-corrected chi connectivity index (χ0v) is 11.5. The molecule has 0 radical (unpaired) electrons. The van der Waals surface area contributed by atoms with Crippen molar-refractivity contribution in [3.8, 4) is 0 Å². The van der Waals surface area contributed by atoms with Gasteiger partial charge in [0, 0.05) is 19.1 Å². The highest BCUT2D eigenvalue weighted by Crippen LogP contribution is 2.48. The largest absolute Gasteiger partial charge is 0.429 e. The van der Waals surface area contributed by atoms with Crippen molar-refractivity contribution in [3.63, 3.8) is 0 Å². The maximum absolute atomic E-state index is 12.0. The van der Waals surface area contributed by atoms with Gasteiger partial charge in [-0.1, -0.05) is 13.0 Å². The summed E-state index contributed by atoms with van der Waals surface area (Å²) in [5.41, 5.74) is -0.778. The molecule has 0 heterocycles. The van der Waals surface area contributed by atoms with E-state index in [0.717, 1.165) is 18.9 Å². The van der Waals surface area contributed by atoms with E-state index < -0.39 is 17.2 Å². The summed E-state index contributed by atoms with van der Waals surface area (Å²) >= 11 is 0. The van der Waals surface area contributed by atoms with E-state index in [2.05, 4.69) is 6.58 Å². The van der Waals surface area contributed by atoms with Gasteiger partial charge in [-0.05, 0) is 33.6 Å². The fraction of sp³-hybridized carbons (Fsp3) is 0.714. The minimum Gasteiger partial charge on any atom is -0.429 e. The van der Waals surface area contributed by atoms with E-state index in [-0.39, 0.29) is 5.78 Å². The van der Waals surface area contributed by atoms with Crippen molar-refractivity contribution < 1.29 is 19.1 Å². The van der Waals surface area contributed by atoms with Crippen molar-refractivity contribution in [3.05, 3.63) is 12.7 Å². The molecule has 2 atom stereocenters. The molecule has 1 aliphatic rings. The van der Waals surface area contributed by atoms with Crippen LogP contribution in [0.3, 0.4) is 0 Å². The van der Waals surface area contributed by atoms with E-state index in [1.54, 1.807) is 0 Å². The first-order chi connectivity index (χ1) is 8.42. The summed E-state index contributed by atoms with van der Waals surface area (Å²) in [6, 6.07) is 0. The van der Waals surface area contributed by atoms with E-state index in [1.807, 2.05) is 13.8 Å². The maximum Gasteiger partial charge on any atom is 0.332 e. The lowest BCUT2D eigenvalue weighted by Gasteiger charge is -2.48. The number of ketones is 1. The lowest BCUT2D eigenvalue weighted by Crippen LogP contribution is -2.57. The van der Waals surface area contributed by atoms with E-state index in [4.69, 9.17) is 9.47 Å². The Morgan fingerprint density at radius 2 is 1.94 bits per heavy atom. The number of carbonyl (C=O) groups excluding carboxylic acids is 2. The van der Waals surface area contributed by atoms with Crippen molar-refractivity contribution in [1.29, 1.82) is 0 Å². The molecular weight excluding hydrogens is 232 g/mol. The summed E-state index contributed by atoms with van der Waals surface area (Å²) in [5, 5.41) is 0. The summed E-state index contributed by atoms with van der Waals surface area (Å²) in [5.74, 6) is -1.69. The second-order valence-corrected chi connectivity index (χ2v) is 4.91. The number of ether oxygens (including phenoxy) is 2. The van der Waals surface area contributed by atoms with Crippen LogP contribution in [0, 0.1) is 5.41 Å². The summed E-state index contributed by atoms with van der Waals surface area (Å²) in [7, 11) is 0. The van der Waals surface area contributed by atoms with Crippen LogP contribution in [0.1, 0.15) is 46.5 Å². The van der Waals surface area contributed by atoms with Crippen LogP contribution in [0.25, 0.3) is 0 Å². The number of Topliss-reactive ketones (excluding diaryl/α,β-unsaturated/α-hetero) is 1. The molecule has 4 nitrogen and oxygen atoms in total. The van der Waals surface area contributed by atoms with E-state index in [1.165, 1.54) is 6.92 Å². The topological polar surface area (TPSA) is 52.6 Å². The molecule has 4 heteroatoms. The predicted octanol–water partition coefficient (Wildman–Crippen LogP) is 2.62. The Morgan fingerprint density at radius 1 is 1.33 bits per heavy atom. The van der Waals surface area contributed by atoms with Gasteiger partial charge in [-0.2, -0.15) is 0 Å². The van der Waals surface area contributed by atoms with Crippen LogP contribution in [0.4, 0.5) is 0 Å². The Balaban J connectivity index is 3.14. The molecule has 2 unspecified atom stereocenters. The number of carbonyl (C=O) groups is 2. The van der Waals surface area contributed by atoms with Gasteiger partial charge in [0.05, 0.1) is 5.41 Å². The molecule has 1 aliphatic carbocycles. The van der Waals surface area contributed by atoms with Gasteiger partial charge in [0.15, 0.2) is 0 Å². The number of hydrogen-bond donors (Lipinski definition) is 0. The minimum absolute atomic E-state index is 0.00693. The monoisotopic (exact) mass is 254 g/mol. The van der Waals surface area contributed by atoms with Gasteiger partial charge < -0.3 is 9.47 Å². The van der Waals surface area contributed by atoms with E-state index in [0.29, 0.717) is 19.4 Å². The molecule has 102 valence electrons. The quantitative estimate of drug-likeness (QED) is 0.430. The van der Waals surface area contributed by atoms with Gasteiger partial charge in [-0.15, -0.1) is 0 Å². The van der Waals surface area contributed by atoms with Crippen LogP contribution < -0.4 is 0 Å². The lowest BCUT2D eigenvalue weighted by molar-refractivity contribution is -0.283. The summed E-state index contributed by atoms with van der Waals surface area (Å²) in [4.78, 5) is 23.5. The average molecular weight is 254 g/mol. The molecule has 18 heavy (non-hydrogen) atoms. The van der Waals surface area contributed by atoms with Crippen LogP contribution in [-0.2, 0) is 19.1 Å². The summed E-state index contributed by atoms with van der Waals surface area (Å²) < 4.78 is 11.2. The minimum atomic E-state index is -1.14. The van der Waals surface area contributed by atoms with Gasteiger partial charge in [0.2, 0.25) is 5.79 Å². The van der Waals surface area contributed by atoms with Crippen LogP contribution in [0.2, 0.25) is 0 Å². The standard InChI is InChI=1S/C14H22O4/c1-5-12(16)18-14(17-6-2)10-8-7-9-13(14,4)11(3)15/h5H,1,6-10H2,2-4H3. The molecule has 0 saturated heterocycles. The van der Waals surface area contributed by atoms with Gasteiger partial charge in [-0.3, -0.25) is 4.79 Å². The molecule has 1 saturated carbocycles. The Hall–Kier alpha value is -1.16. The number of hydrogen-bond acceptors (Lipinski definition) is 4. The molecule has 0 aromatic carbocycles. The molecule has 0 aromatic rings. The highest BCUT2D eigenvalue weighted by molar-refractivity contribution is 5.85. The Labute approximate surface area is 108 Å². The van der Waals surface area contributed by atoms with Crippen molar-refractivity contribution >= 4 is 11.8 Å². The first-order valence-electron chi connectivity index (χ1n) is 6.42. The Bertz CT molecular complexity index is 346. The SMILES string of the molecule is C=CC(=O)OC1(OCC)CCCCC1(C)C(C)=O. The second kappa shape index (κ2) is 5.65. The van der Waals surface area contributed by atoms with Crippen molar-refractivity contribution in [1.82, 2.24) is 0 Å². The Morgan fingerprint density at radius 3 is 2.44 bits per heavy atom.